The Balaban J connectivity index is 1.65. The Bertz CT molecular complexity index is 962. The van der Waals surface area contributed by atoms with Crippen LogP contribution in [0.3, 0.4) is 0 Å². The highest BCUT2D eigenvalue weighted by atomic mass is 16.5. The minimum Gasteiger partial charge on any atom is -0.497 e. The molecule has 29 heavy (non-hydrogen) atoms. The van der Waals surface area contributed by atoms with Crippen LogP contribution in [-0.4, -0.2) is 41.9 Å². The van der Waals surface area contributed by atoms with Gasteiger partial charge in [0.2, 0.25) is 0 Å². The molecule has 2 aromatic carbocycles. The van der Waals surface area contributed by atoms with Crippen LogP contribution in [0.25, 0.3) is 11.3 Å². The molecule has 1 aromatic heterocycles. The molecule has 1 aliphatic rings. The predicted molar refractivity (Wildman–Crippen MR) is 113 cm³/mol. The molecule has 0 spiro atoms. The van der Waals surface area contributed by atoms with Gasteiger partial charge in [-0.3, -0.25) is 9.48 Å². The summed E-state index contributed by atoms with van der Waals surface area (Å²) in [6.45, 7) is 2.42. The van der Waals surface area contributed by atoms with E-state index in [1.165, 1.54) is 0 Å². The third kappa shape index (κ3) is 4.66. The fraction of sp³-hybridized carbons (Fsp3) is 0.304. The van der Waals surface area contributed by atoms with Crippen LogP contribution in [0, 0.1) is 0 Å². The molecule has 150 valence electrons. The smallest absolute Gasteiger partial charge is 0.255 e. The van der Waals surface area contributed by atoms with Crippen molar-refractivity contribution >= 4 is 5.91 Å². The van der Waals surface area contributed by atoms with Crippen LogP contribution in [0.15, 0.2) is 60.8 Å². The number of carbonyl (C=O) groups excluding carboxylic acids is 1. The summed E-state index contributed by atoms with van der Waals surface area (Å²) in [7, 11) is 1.64. The maximum Gasteiger partial charge on any atom is 0.255 e. The van der Waals surface area contributed by atoms with Crippen LogP contribution >= 0.6 is 0 Å². The minimum atomic E-state index is -0.0872. The zero-order valence-electron chi connectivity index (χ0n) is 16.6. The van der Waals surface area contributed by atoms with Gasteiger partial charge in [-0.15, -0.1) is 0 Å². The van der Waals surface area contributed by atoms with Gasteiger partial charge in [0.15, 0.2) is 0 Å². The van der Waals surface area contributed by atoms with Crippen LogP contribution in [0.1, 0.15) is 28.8 Å². The van der Waals surface area contributed by atoms with E-state index in [0.29, 0.717) is 17.8 Å². The summed E-state index contributed by atoms with van der Waals surface area (Å²) in [5, 5.41) is 11.3. The highest BCUT2D eigenvalue weighted by molar-refractivity contribution is 6.00. The van der Waals surface area contributed by atoms with Crippen molar-refractivity contribution in [2.24, 2.45) is 0 Å². The standard InChI is InChI=1S/C23H26N4O2/c1-29-20-11-5-9-18(13-20)22-21(23(28)25-19-10-6-12-24-14-19)16-27(26-22)15-17-7-3-2-4-8-17/h2-5,7-9,11,13,16,19,24H,6,10,12,14-15H2,1H3,(H,25,28). The van der Waals surface area contributed by atoms with E-state index in [0.717, 1.165) is 42.8 Å². The molecule has 0 radical (unpaired) electrons. The predicted octanol–water partition coefficient (Wildman–Crippen LogP) is 3.09. The molecule has 1 fully saturated rings. The van der Waals surface area contributed by atoms with Gasteiger partial charge in [-0.25, -0.2) is 0 Å². The number of aromatic nitrogens is 2. The lowest BCUT2D eigenvalue weighted by atomic mass is 10.0. The molecule has 0 saturated carbocycles. The second-order valence-electron chi connectivity index (χ2n) is 7.32. The van der Waals surface area contributed by atoms with Gasteiger partial charge in [0.05, 0.1) is 19.2 Å². The number of amides is 1. The largest absolute Gasteiger partial charge is 0.497 e. The quantitative estimate of drug-likeness (QED) is 0.679. The summed E-state index contributed by atoms with van der Waals surface area (Å²) in [6.07, 6.45) is 3.90. The second-order valence-corrected chi connectivity index (χ2v) is 7.32. The van der Waals surface area contributed by atoms with Crippen LogP contribution in [-0.2, 0) is 6.54 Å². The van der Waals surface area contributed by atoms with Gasteiger partial charge in [-0.2, -0.15) is 5.10 Å². The van der Waals surface area contributed by atoms with Gasteiger partial charge in [-0.05, 0) is 37.1 Å². The molecular formula is C23H26N4O2. The van der Waals surface area contributed by atoms with Gasteiger partial charge >= 0.3 is 0 Å². The van der Waals surface area contributed by atoms with E-state index in [4.69, 9.17) is 9.84 Å². The molecule has 1 atom stereocenters. The lowest BCUT2D eigenvalue weighted by molar-refractivity contribution is 0.0931. The van der Waals surface area contributed by atoms with Crippen molar-refractivity contribution in [2.75, 3.05) is 20.2 Å². The van der Waals surface area contributed by atoms with E-state index in [1.54, 1.807) is 7.11 Å². The minimum absolute atomic E-state index is 0.0872. The average Bonchev–Trinajstić information content (AvgIpc) is 3.19. The Morgan fingerprint density at radius 3 is 2.86 bits per heavy atom. The van der Waals surface area contributed by atoms with Gasteiger partial charge in [0.25, 0.3) is 5.91 Å². The van der Waals surface area contributed by atoms with Crippen molar-refractivity contribution < 1.29 is 9.53 Å². The van der Waals surface area contributed by atoms with Gasteiger partial charge < -0.3 is 15.4 Å². The molecule has 3 aromatic rings. The number of hydrogen-bond donors (Lipinski definition) is 2. The van der Waals surface area contributed by atoms with Crippen LogP contribution < -0.4 is 15.4 Å². The zero-order chi connectivity index (χ0) is 20.1. The SMILES string of the molecule is COc1cccc(-c2nn(Cc3ccccc3)cc2C(=O)NC2CCCNC2)c1. The average molecular weight is 390 g/mol. The third-order valence-electron chi connectivity index (χ3n) is 5.17. The Labute approximate surface area is 170 Å². The molecule has 0 aliphatic carbocycles. The Morgan fingerprint density at radius 2 is 2.10 bits per heavy atom. The molecule has 1 amide bonds. The second kappa shape index (κ2) is 8.92. The molecule has 2 heterocycles. The Morgan fingerprint density at radius 1 is 1.24 bits per heavy atom. The number of rotatable bonds is 6. The summed E-state index contributed by atoms with van der Waals surface area (Å²) < 4.78 is 7.19. The van der Waals surface area contributed by atoms with Crippen molar-refractivity contribution in [3.63, 3.8) is 0 Å². The number of benzene rings is 2. The van der Waals surface area contributed by atoms with E-state index in [2.05, 4.69) is 22.8 Å². The number of nitrogens with zero attached hydrogens (tertiary/aromatic N) is 2. The van der Waals surface area contributed by atoms with E-state index in [1.807, 2.05) is 53.3 Å². The molecular weight excluding hydrogens is 364 g/mol. The number of nitrogens with one attached hydrogen (secondary N) is 2. The van der Waals surface area contributed by atoms with Gasteiger partial charge in [0.1, 0.15) is 11.4 Å². The number of ether oxygens (including phenoxy) is 1. The van der Waals surface area contributed by atoms with Gasteiger partial charge in [-0.1, -0.05) is 42.5 Å². The lowest BCUT2D eigenvalue weighted by Gasteiger charge is -2.23. The number of methoxy groups -OCH3 is 1. The van der Waals surface area contributed by atoms with E-state index >= 15 is 0 Å². The van der Waals surface area contributed by atoms with E-state index < -0.39 is 0 Å². The van der Waals surface area contributed by atoms with Crippen LogP contribution in [0.2, 0.25) is 0 Å². The fourth-order valence-corrected chi connectivity index (χ4v) is 3.66. The summed E-state index contributed by atoms with van der Waals surface area (Å²) in [6, 6.07) is 17.9. The molecule has 0 bridgehead atoms. The summed E-state index contributed by atoms with van der Waals surface area (Å²) in [4.78, 5) is 13.1. The monoisotopic (exact) mass is 390 g/mol. The maximum absolute atomic E-state index is 13.1. The molecule has 6 heteroatoms. The molecule has 6 nitrogen and oxygen atoms in total. The highest BCUT2D eigenvalue weighted by Crippen LogP contribution is 2.26. The van der Waals surface area contributed by atoms with Gasteiger partial charge in [0, 0.05) is 24.3 Å². The van der Waals surface area contributed by atoms with Crippen LogP contribution in [0.4, 0.5) is 0 Å². The lowest BCUT2D eigenvalue weighted by Crippen LogP contribution is -2.45. The summed E-state index contributed by atoms with van der Waals surface area (Å²) in [5.74, 6) is 0.652. The van der Waals surface area contributed by atoms with Crippen molar-refractivity contribution in [3.05, 3.63) is 71.9 Å². The number of piperidine rings is 1. The Hall–Kier alpha value is -3.12. The summed E-state index contributed by atoms with van der Waals surface area (Å²) >= 11 is 0. The molecule has 1 aliphatic heterocycles. The molecule has 1 saturated heterocycles. The van der Waals surface area contributed by atoms with Crippen molar-refractivity contribution in [1.29, 1.82) is 0 Å². The zero-order valence-corrected chi connectivity index (χ0v) is 16.6. The normalized spacial score (nSPS) is 16.4. The molecule has 2 N–H and O–H groups in total. The first kappa shape index (κ1) is 19.2. The first-order chi connectivity index (χ1) is 14.2. The van der Waals surface area contributed by atoms with Crippen molar-refractivity contribution in [3.8, 4) is 17.0 Å². The number of carbonyl (C=O) groups is 1. The highest BCUT2D eigenvalue weighted by Gasteiger charge is 2.22. The van der Waals surface area contributed by atoms with E-state index in [-0.39, 0.29) is 11.9 Å². The molecule has 1 unspecified atom stereocenters. The third-order valence-corrected chi connectivity index (χ3v) is 5.17. The first-order valence-corrected chi connectivity index (χ1v) is 10.0. The Kier molecular flexibility index (Phi) is 5.91. The van der Waals surface area contributed by atoms with Crippen LogP contribution in [0.5, 0.6) is 5.75 Å². The fourth-order valence-electron chi connectivity index (χ4n) is 3.66. The molecule has 4 rings (SSSR count). The maximum atomic E-state index is 13.1. The van der Waals surface area contributed by atoms with Crippen molar-refractivity contribution in [1.82, 2.24) is 20.4 Å². The summed E-state index contributed by atoms with van der Waals surface area (Å²) in [5.41, 5.74) is 3.25. The van der Waals surface area contributed by atoms with Crippen molar-refractivity contribution in [2.45, 2.75) is 25.4 Å². The van der Waals surface area contributed by atoms with E-state index in [9.17, 15) is 4.79 Å². The number of hydrogen-bond acceptors (Lipinski definition) is 4. The topological polar surface area (TPSA) is 68.2 Å². The first-order valence-electron chi connectivity index (χ1n) is 10.0.